The molecule has 1 aromatic heterocycles. The number of tetrazole rings is 1. The average Bonchev–Trinajstić information content (AvgIpc) is 2.88. The first-order valence-corrected chi connectivity index (χ1v) is 6.04. The SMILES string of the molecule is O=C(CCC1CCNCC1)NCc1nn[nH]n1. The lowest BCUT2D eigenvalue weighted by Crippen LogP contribution is -2.29. The highest BCUT2D eigenvalue weighted by Crippen LogP contribution is 2.17. The first-order chi connectivity index (χ1) is 8.34. The van der Waals surface area contributed by atoms with Crippen molar-refractivity contribution in [3.05, 3.63) is 5.82 Å². The van der Waals surface area contributed by atoms with Crippen molar-refractivity contribution in [1.82, 2.24) is 31.3 Å². The molecule has 1 saturated heterocycles. The number of piperidine rings is 1. The van der Waals surface area contributed by atoms with Gasteiger partial charge in [0.25, 0.3) is 0 Å². The van der Waals surface area contributed by atoms with Gasteiger partial charge in [-0.3, -0.25) is 4.79 Å². The lowest BCUT2D eigenvalue weighted by atomic mass is 9.93. The van der Waals surface area contributed by atoms with Crippen molar-refractivity contribution in [3.63, 3.8) is 0 Å². The molecule has 0 atom stereocenters. The number of carbonyl (C=O) groups excluding carboxylic acids is 1. The molecule has 0 aliphatic carbocycles. The number of amides is 1. The molecule has 1 aliphatic heterocycles. The Hall–Kier alpha value is -1.50. The van der Waals surface area contributed by atoms with Crippen LogP contribution in [0.15, 0.2) is 0 Å². The van der Waals surface area contributed by atoms with Gasteiger partial charge in [-0.2, -0.15) is 5.21 Å². The van der Waals surface area contributed by atoms with Crippen LogP contribution in [0.2, 0.25) is 0 Å². The van der Waals surface area contributed by atoms with Crippen molar-refractivity contribution in [2.75, 3.05) is 13.1 Å². The van der Waals surface area contributed by atoms with E-state index in [0.717, 1.165) is 19.5 Å². The molecular formula is C10H18N6O. The largest absolute Gasteiger partial charge is 0.349 e. The Kier molecular flexibility index (Phi) is 4.43. The van der Waals surface area contributed by atoms with Gasteiger partial charge in [0.05, 0.1) is 6.54 Å². The molecule has 1 amide bonds. The molecule has 7 nitrogen and oxygen atoms in total. The molecule has 17 heavy (non-hydrogen) atoms. The number of H-pyrrole nitrogens is 1. The van der Waals surface area contributed by atoms with Gasteiger partial charge in [0.2, 0.25) is 5.91 Å². The van der Waals surface area contributed by atoms with Crippen molar-refractivity contribution < 1.29 is 4.79 Å². The van der Waals surface area contributed by atoms with Crippen molar-refractivity contribution in [1.29, 1.82) is 0 Å². The van der Waals surface area contributed by atoms with E-state index in [1.165, 1.54) is 12.8 Å². The number of hydrogen-bond acceptors (Lipinski definition) is 5. The number of rotatable bonds is 5. The molecule has 2 heterocycles. The normalized spacial score (nSPS) is 16.9. The predicted molar refractivity (Wildman–Crippen MR) is 60.9 cm³/mol. The summed E-state index contributed by atoms with van der Waals surface area (Å²) in [5, 5.41) is 19.4. The van der Waals surface area contributed by atoms with E-state index in [-0.39, 0.29) is 5.91 Å². The molecule has 0 aromatic carbocycles. The number of hydrogen-bond donors (Lipinski definition) is 3. The Bertz CT molecular complexity index is 333. The van der Waals surface area contributed by atoms with Gasteiger partial charge < -0.3 is 10.6 Å². The van der Waals surface area contributed by atoms with E-state index in [0.29, 0.717) is 24.7 Å². The second-order valence-electron chi connectivity index (χ2n) is 4.34. The first kappa shape index (κ1) is 12.0. The maximum absolute atomic E-state index is 11.6. The van der Waals surface area contributed by atoms with Gasteiger partial charge in [-0.05, 0) is 38.3 Å². The molecule has 0 radical (unpaired) electrons. The van der Waals surface area contributed by atoms with Crippen LogP contribution in [0.1, 0.15) is 31.5 Å². The Balaban J connectivity index is 1.60. The number of aromatic nitrogens is 4. The molecular weight excluding hydrogens is 220 g/mol. The minimum Gasteiger partial charge on any atom is -0.349 e. The molecule has 0 unspecified atom stereocenters. The van der Waals surface area contributed by atoms with Crippen molar-refractivity contribution in [2.45, 2.75) is 32.2 Å². The van der Waals surface area contributed by atoms with E-state index in [2.05, 4.69) is 31.3 Å². The third kappa shape index (κ3) is 4.10. The minimum atomic E-state index is 0.0633. The summed E-state index contributed by atoms with van der Waals surface area (Å²) in [6.45, 7) is 2.51. The number of nitrogens with zero attached hydrogens (tertiary/aromatic N) is 3. The smallest absolute Gasteiger partial charge is 0.220 e. The third-order valence-electron chi connectivity index (χ3n) is 3.07. The second kappa shape index (κ2) is 6.29. The standard InChI is InChI=1S/C10H18N6O/c17-10(12-7-9-13-15-16-14-9)2-1-8-3-5-11-6-4-8/h8,11H,1-7H2,(H,12,17)(H,13,14,15,16). The Morgan fingerprint density at radius 3 is 2.94 bits per heavy atom. The van der Waals surface area contributed by atoms with Gasteiger partial charge >= 0.3 is 0 Å². The van der Waals surface area contributed by atoms with Gasteiger partial charge in [-0.1, -0.05) is 5.21 Å². The molecule has 1 aromatic rings. The van der Waals surface area contributed by atoms with Gasteiger partial charge in [-0.25, -0.2) is 0 Å². The molecule has 1 aliphatic rings. The van der Waals surface area contributed by atoms with Gasteiger partial charge in [-0.15, -0.1) is 10.2 Å². The summed E-state index contributed by atoms with van der Waals surface area (Å²) < 4.78 is 0. The molecule has 0 saturated carbocycles. The first-order valence-electron chi connectivity index (χ1n) is 6.04. The molecule has 7 heteroatoms. The van der Waals surface area contributed by atoms with Crippen LogP contribution in [0.3, 0.4) is 0 Å². The zero-order valence-corrected chi connectivity index (χ0v) is 9.78. The zero-order valence-electron chi connectivity index (χ0n) is 9.78. The van der Waals surface area contributed by atoms with Crippen LogP contribution in [0.4, 0.5) is 0 Å². The maximum atomic E-state index is 11.6. The summed E-state index contributed by atoms with van der Waals surface area (Å²) >= 11 is 0. The molecule has 94 valence electrons. The van der Waals surface area contributed by atoms with Crippen LogP contribution < -0.4 is 10.6 Å². The van der Waals surface area contributed by atoms with Crippen LogP contribution in [-0.4, -0.2) is 39.6 Å². The maximum Gasteiger partial charge on any atom is 0.220 e. The van der Waals surface area contributed by atoms with Crippen molar-refractivity contribution in [3.8, 4) is 0 Å². The van der Waals surface area contributed by atoms with Crippen LogP contribution in [0, 0.1) is 5.92 Å². The fourth-order valence-electron chi connectivity index (χ4n) is 2.03. The molecule has 1 fully saturated rings. The fourth-order valence-corrected chi connectivity index (χ4v) is 2.03. The molecule has 0 bridgehead atoms. The quantitative estimate of drug-likeness (QED) is 0.648. The Morgan fingerprint density at radius 1 is 1.41 bits per heavy atom. The van der Waals surface area contributed by atoms with Crippen LogP contribution in [0.25, 0.3) is 0 Å². The monoisotopic (exact) mass is 238 g/mol. The topological polar surface area (TPSA) is 95.6 Å². The lowest BCUT2D eigenvalue weighted by molar-refractivity contribution is -0.121. The highest BCUT2D eigenvalue weighted by Gasteiger charge is 2.14. The highest BCUT2D eigenvalue weighted by molar-refractivity contribution is 5.75. The van der Waals surface area contributed by atoms with Crippen molar-refractivity contribution in [2.24, 2.45) is 5.92 Å². The zero-order chi connectivity index (χ0) is 11.9. The van der Waals surface area contributed by atoms with Gasteiger partial charge in [0, 0.05) is 6.42 Å². The fraction of sp³-hybridized carbons (Fsp3) is 0.800. The second-order valence-corrected chi connectivity index (χ2v) is 4.34. The number of nitrogens with one attached hydrogen (secondary N) is 3. The average molecular weight is 238 g/mol. The van der Waals surface area contributed by atoms with E-state index in [1.807, 2.05) is 0 Å². The summed E-state index contributed by atoms with van der Waals surface area (Å²) in [7, 11) is 0. The molecule has 0 spiro atoms. The Labute approximate surface area is 99.7 Å². The third-order valence-corrected chi connectivity index (χ3v) is 3.07. The summed E-state index contributed by atoms with van der Waals surface area (Å²) in [6.07, 6.45) is 3.92. The van der Waals surface area contributed by atoms with E-state index in [9.17, 15) is 4.79 Å². The van der Waals surface area contributed by atoms with Crippen LogP contribution >= 0.6 is 0 Å². The summed E-state index contributed by atoms with van der Waals surface area (Å²) in [6, 6.07) is 0. The minimum absolute atomic E-state index is 0.0633. The van der Waals surface area contributed by atoms with Gasteiger partial charge in [0.1, 0.15) is 0 Å². The van der Waals surface area contributed by atoms with Crippen LogP contribution in [0.5, 0.6) is 0 Å². The summed E-state index contributed by atoms with van der Waals surface area (Å²) in [5.41, 5.74) is 0. The number of aromatic amines is 1. The Morgan fingerprint density at radius 2 is 2.24 bits per heavy atom. The summed E-state index contributed by atoms with van der Waals surface area (Å²) in [4.78, 5) is 11.6. The van der Waals surface area contributed by atoms with E-state index in [1.54, 1.807) is 0 Å². The van der Waals surface area contributed by atoms with E-state index >= 15 is 0 Å². The summed E-state index contributed by atoms with van der Waals surface area (Å²) in [5.74, 6) is 1.26. The predicted octanol–water partition coefficient (Wildman–Crippen LogP) is -0.404. The lowest BCUT2D eigenvalue weighted by Gasteiger charge is -2.22. The van der Waals surface area contributed by atoms with Gasteiger partial charge in [0.15, 0.2) is 5.82 Å². The van der Waals surface area contributed by atoms with E-state index in [4.69, 9.17) is 0 Å². The molecule has 3 N–H and O–H groups in total. The van der Waals surface area contributed by atoms with Crippen molar-refractivity contribution >= 4 is 5.91 Å². The highest BCUT2D eigenvalue weighted by atomic mass is 16.1. The van der Waals surface area contributed by atoms with Crippen LogP contribution in [-0.2, 0) is 11.3 Å². The molecule has 2 rings (SSSR count). The number of carbonyl (C=O) groups is 1. The van der Waals surface area contributed by atoms with E-state index < -0.39 is 0 Å².